The number of nitrogens with zero attached hydrogens (tertiary/aromatic N) is 1. The Morgan fingerprint density at radius 1 is 0.970 bits per heavy atom. The molecule has 5 heteroatoms. The van der Waals surface area contributed by atoms with Gasteiger partial charge in [0.15, 0.2) is 0 Å². The molecule has 1 atom stereocenters. The van der Waals surface area contributed by atoms with E-state index in [1.165, 1.54) is 25.7 Å². The van der Waals surface area contributed by atoms with Gasteiger partial charge in [0, 0.05) is 25.3 Å². The van der Waals surface area contributed by atoms with Gasteiger partial charge in [-0.1, -0.05) is 41.5 Å². The largest absolute Gasteiger partial charge is 0.462 e. The summed E-state index contributed by atoms with van der Waals surface area (Å²) in [4.78, 5) is 27.8. The highest BCUT2D eigenvalue weighted by Gasteiger charge is 2.29. The smallest absolute Gasteiger partial charge is 0.338 e. The molecule has 1 unspecified atom stereocenters. The average molecular weight is 447 g/mol. The zero-order valence-electron chi connectivity index (χ0n) is 19.7. The molecule has 33 heavy (non-hydrogen) atoms. The van der Waals surface area contributed by atoms with Crippen molar-refractivity contribution in [3.8, 4) is 0 Å². The number of ether oxygens (including phenoxy) is 1. The number of carbonyl (C=O) groups excluding carboxylic acids is 2. The minimum atomic E-state index is -0.445. The standard InChI is InChI=1S/C28H34N2O3/c1-3-29-27(31)26(21-13-15-22(16-14-21)28(32)33-4-2)24-11-7-8-12-25(24)30-18-17-20-9-5-6-10-23(20)19-30/h7-8,11-16,26H,3-6,9-10,17-19H2,1-2H3,(H,29,31). The summed E-state index contributed by atoms with van der Waals surface area (Å²) in [6, 6.07) is 15.5. The van der Waals surface area contributed by atoms with Crippen molar-refractivity contribution in [2.75, 3.05) is 31.1 Å². The van der Waals surface area contributed by atoms with Crippen LogP contribution in [0.15, 0.2) is 59.7 Å². The molecule has 174 valence electrons. The first-order valence-electron chi connectivity index (χ1n) is 12.2. The van der Waals surface area contributed by atoms with Crippen LogP contribution >= 0.6 is 0 Å². The van der Waals surface area contributed by atoms with Gasteiger partial charge in [0.2, 0.25) is 5.91 Å². The highest BCUT2D eigenvalue weighted by molar-refractivity contribution is 5.91. The van der Waals surface area contributed by atoms with Crippen molar-refractivity contribution in [3.05, 3.63) is 76.4 Å². The molecule has 2 aromatic carbocycles. The van der Waals surface area contributed by atoms with Gasteiger partial charge in [-0.25, -0.2) is 4.79 Å². The number of esters is 1. The number of hydrogen-bond acceptors (Lipinski definition) is 4. The summed E-state index contributed by atoms with van der Waals surface area (Å²) in [5.41, 5.74) is 6.75. The molecule has 2 aliphatic rings. The number of carbonyl (C=O) groups is 2. The first-order valence-corrected chi connectivity index (χ1v) is 12.2. The summed E-state index contributed by atoms with van der Waals surface area (Å²) in [5, 5.41) is 3.02. The number of benzene rings is 2. The van der Waals surface area contributed by atoms with Gasteiger partial charge in [-0.3, -0.25) is 4.79 Å². The lowest BCUT2D eigenvalue weighted by atomic mass is 9.85. The van der Waals surface area contributed by atoms with Crippen LogP contribution in [-0.2, 0) is 9.53 Å². The molecular weight excluding hydrogens is 412 g/mol. The van der Waals surface area contributed by atoms with Gasteiger partial charge in [0.05, 0.1) is 18.1 Å². The second kappa shape index (κ2) is 10.7. The number of anilines is 1. The molecule has 0 saturated carbocycles. The molecule has 0 radical (unpaired) electrons. The van der Waals surface area contributed by atoms with Gasteiger partial charge < -0.3 is 15.0 Å². The van der Waals surface area contributed by atoms with Crippen molar-refractivity contribution < 1.29 is 14.3 Å². The molecule has 4 rings (SSSR count). The summed E-state index contributed by atoms with van der Waals surface area (Å²) in [6.45, 7) is 6.57. The van der Waals surface area contributed by atoms with Crippen molar-refractivity contribution >= 4 is 17.6 Å². The third-order valence-corrected chi connectivity index (χ3v) is 6.73. The molecule has 1 aliphatic carbocycles. The van der Waals surface area contributed by atoms with Crippen LogP contribution in [0.4, 0.5) is 5.69 Å². The van der Waals surface area contributed by atoms with Crippen molar-refractivity contribution in [2.24, 2.45) is 0 Å². The Morgan fingerprint density at radius 3 is 2.42 bits per heavy atom. The van der Waals surface area contributed by atoms with E-state index in [1.807, 2.05) is 25.1 Å². The lowest BCUT2D eigenvalue weighted by molar-refractivity contribution is -0.121. The SMILES string of the molecule is CCNC(=O)C(c1ccc(C(=O)OCC)cc1)c1ccccc1N1CCC2=C(CCCC2)C1. The lowest BCUT2D eigenvalue weighted by Crippen LogP contribution is -2.35. The minimum Gasteiger partial charge on any atom is -0.462 e. The van der Waals surface area contributed by atoms with Crippen molar-refractivity contribution in [1.82, 2.24) is 5.32 Å². The highest BCUT2D eigenvalue weighted by Crippen LogP contribution is 2.37. The zero-order valence-corrected chi connectivity index (χ0v) is 19.7. The molecule has 5 nitrogen and oxygen atoms in total. The fraction of sp³-hybridized carbons (Fsp3) is 0.429. The Morgan fingerprint density at radius 2 is 1.70 bits per heavy atom. The average Bonchev–Trinajstić information content (AvgIpc) is 2.85. The summed E-state index contributed by atoms with van der Waals surface area (Å²) in [6.07, 6.45) is 6.16. The van der Waals surface area contributed by atoms with Gasteiger partial charge >= 0.3 is 5.97 Å². The van der Waals surface area contributed by atoms with Crippen LogP contribution in [0.2, 0.25) is 0 Å². The first-order chi connectivity index (χ1) is 16.1. The maximum absolute atomic E-state index is 13.3. The molecule has 0 saturated heterocycles. The van der Waals surface area contributed by atoms with Crippen molar-refractivity contribution in [2.45, 2.75) is 51.9 Å². The van der Waals surface area contributed by atoms with E-state index in [4.69, 9.17) is 4.74 Å². The van der Waals surface area contributed by atoms with E-state index in [9.17, 15) is 9.59 Å². The van der Waals surface area contributed by atoms with Crippen molar-refractivity contribution in [3.63, 3.8) is 0 Å². The van der Waals surface area contributed by atoms with Crippen LogP contribution in [-0.4, -0.2) is 38.1 Å². The van der Waals surface area contributed by atoms with Crippen LogP contribution < -0.4 is 10.2 Å². The predicted octanol–water partition coefficient (Wildman–Crippen LogP) is 5.21. The Kier molecular flexibility index (Phi) is 7.48. The molecule has 1 heterocycles. The second-order valence-electron chi connectivity index (χ2n) is 8.81. The number of para-hydroxylation sites is 1. The number of nitrogens with one attached hydrogen (secondary N) is 1. The van der Waals surface area contributed by atoms with E-state index >= 15 is 0 Å². The Labute approximate surface area is 196 Å². The molecule has 2 aromatic rings. The first kappa shape index (κ1) is 23.1. The molecule has 1 aliphatic heterocycles. The molecule has 1 amide bonds. The van der Waals surface area contributed by atoms with E-state index in [0.717, 1.165) is 36.3 Å². The van der Waals surface area contributed by atoms with Gasteiger partial charge in [-0.05, 0) is 75.3 Å². The van der Waals surface area contributed by atoms with E-state index in [2.05, 4.69) is 28.4 Å². The maximum Gasteiger partial charge on any atom is 0.338 e. The fourth-order valence-electron chi connectivity index (χ4n) is 5.10. The second-order valence-corrected chi connectivity index (χ2v) is 8.81. The predicted molar refractivity (Wildman–Crippen MR) is 132 cm³/mol. The minimum absolute atomic E-state index is 0.0246. The summed E-state index contributed by atoms with van der Waals surface area (Å²) in [7, 11) is 0. The van der Waals surface area contributed by atoms with Crippen molar-refractivity contribution in [1.29, 1.82) is 0 Å². The van der Waals surface area contributed by atoms with E-state index in [0.29, 0.717) is 18.7 Å². The molecule has 0 spiro atoms. The van der Waals surface area contributed by atoms with Gasteiger partial charge in [-0.2, -0.15) is 0 Å². The Hall–Kier alpha value is -3.08. The zero-order chi connectivity index (χ0) is 23.2. The van der Waals surface area contributed by atoms with Gasteiger partial charge in [-0.15, -0.1) is 0 Å². The molecule has 0 bridgehead atoms. The third kappa shape index (κ3) is 5.13. The molecule has 0 fully saturated rings. The van der Waals surface area contributed by atoms with Gasteiger partial charge in [0.1, 0.15) is 0 Å². The normalized spacial score (nSPS) is 16.7. The molecule has 1 N–H and O–H groups in total. The Balaban J connectivity index is 1.68. The summed E-state index contributed by atoms with van der Waals surface area (Å²) < 4.78 is 5.11. The van der Waals surface area contributed by atoms with E-state index in [-0.39, 0.29) is 11.9 Å². The van der Waals surface area contributed by atoms with Crippen LogP contribution in [0.25, 0.3) is 0 Å². The topological polar surface area (TPSA) is 58.6 Å². The van der Waals surface area contributed by atoms with Crippen LogP contribution in [0.5, 0.6) is 0 Å². The molecule has 0 aromatic heterocycles. The van der Waals surface area contributed by atoms with Crippen LogP contribution in [0.1, 0.15) is 73.4 Å². The molecular formula is C28H34N2O3. The van der Waals surface area contributed by atoms with Gasteiger partial charge in [0.25, 0.3) is 0 Å². The number of likely N-dealkylation sites (N-methyl/N-ethyl adjacent to an activating group) is 1. The fourth-order valence-corrected chi connectivity index (χ4v) is 5.10. The summed E-state index contributed by atoms with van der Waals surface area (Å²) in [5.74, 6) is -0.813. The Bertz CT molecular complexity index is 1030. The number of amides is 1. The third-order valence-electron chi connectivity index (χ3n) is 6.73. The monoisotopic (exact) mass is 446 g/mol. The van der Waals surface area contributed by atoms with E-state index < -0.39 is 5.92 Å². The summed E-state index contributed by atoms with van der Waals surface area (Å²) >= 11 is 0. The number of rotatable bonds is 7. The van der Waals surface area contributed by atoms with Crippen LogP contribution in [0, 0.1) is 0 Å². The number of hydrogen-bond donors (Lipinski definition) is 1. The highest BCUT2D eigenvalue weighted by atomic mass is 16.5. The van der Waals surface area contributed by atoms with Crippen LogP contribution in [0.3, 0.4) is 0 Å². The quantitative estimate of drug-likeness (QED) is 0.468. The van der Waals surface area contributed by atoms with E-state index in [1.54, 1.807) is 30.2 Å². The lowest BCUT2D eigenvalue weighted by Gasteiger charge is -2.36. The maximum atomic E-state index is 13.3.